The Morgan fingerprint density at radius 2 is 1.64 bits per heavy atom. The number of nitrogens with one attached hydrogen (secondary N) is 1. The number of halogens is 2. The summed E-state index contributed by atoms with van der Waals surface area (Å²) < 4.78 is 40.5. The number of nitrogens with zero attached hydrogens (tertiary/aromatic N) is 2. The van der Waals surface area contributed by atoms with Gasteiger partial charge in [0.2, 0.25) is 0 Å². The molecule has 4 rings (SSSR count). The number of methoxy groups -OCH3 is 1. The molecule has 0 saturated carbocycles. The molecule has 2 aromatic carbocycles. The van der Waals surface area contributed by atoms with Crippen LogP contribution in [0.2, 0.25) is 10.0 Å². The summed E-state index contributed by atoms with van der Waals surface area (Å²) in [4.78, 5) is 15.0. The molecule has 2 aromatic rings. The van der Waals surface area contributed by atoms with Crippen molar-refractivity contribution in [3.8, 4) is 11.5 Å². The lowest BCUT2D eigenvalue weighted by Crippen LogP contribution is -2.52. The molecule has 0 aromatic heterocycles. The summed E-state index contributed by atoms with van der Waals surface area (Å²) >= 11 is 12.5. The van der Waals surface area contributed by atoms with Gasteiger partial charge in [-0.3, -0.25) is 4.79 Å². The average molecular weight is 557 g/mol. The number of hydrogen-bond donors (Lipinski definition) is 1. The minimum Gasteiger partial charge on any atom is -0.496 e. The van der Waals surface area contributed by atoms with Gasteiger partial charge in [0.05, 0.1) is 17.7 Å². The lowest BCUT2D eigenvalue weighted by atomic mass is 10.00. The van der Waals surface area contributed by atoms with E-state index in [4.69, 9.17) is 32.7 Å². The highest BCUT2D eigenvalue weighted by Crippen LogP contribution is 2.34. The second kappa shape index (κ2) is 11.6. The van der Waals surface area contributed by atoms with Crippen LogP contribution in [0.15, 0.2) is 36.4 Å². The summed E-state index contributed by atoms with van der Waals surface area (Å²) in [5.41, 5.74) is 0.993. The van der Waals surface area contributed by atoms with Crippen molar-refractivity contribution in [2.24, 2.45) is 0 Å². The van der Waals surface area contributed by atoms with Crippen molar-refractivity contribution in [2.45, 2.75) is 44.8 Å². The molecule has 0 unspecified atom stereocenters. The second-order valence-electron chi connectivity index (χ2n) is 9.10. The van der Waals surface area contributed by atoms with Crippen molar-refractivity contribution < 1.29 is 22.7 Å². The number of ether oxygens (including phenoxy) is 2. The number of benzene rings is 2. The molecule has 2 heterocycles. The van der Waals surface area contributed by atoms with E-state index in [9.17, 15) is 13.2 Å². The van der Waals surface area contributed by atoms with Gasteiger partial charge in [0, 0.05) is 37.2 Å². The van der Waals surface area contributed by atoms with E-state index in [0.29, 0.717) is 53.5 Å². The molecule has 0 radical (unpaired) electrons. The largest absolute Gasteiger partial charge is 0.496 e. The molecular weight excluding hydrogens is 525 g/mol. The maximum atomic E-state index is 12.8. The molecule has 1 N–H and O–H groups in total. The van der Waals surface area contributed by atoms with Crippen LogP contribution in [0.1, 0.15) is 41.6 Å². The monoisotopic (exact) mass is 555 g/mol. The lowest BCUT2D eigenvalue weighted by Gasteiger charge is -2.41. The fourth-order valence-corrected chi connectivity index (χ4v) is 6.36. The number of para-hydroxylation sites is 1. The molecule has 2 saturated heterocycles. The van der Waals surface area contributed by atoms with Crippen LogP contribution in [0.4, 0.5) is 0 Å². The average Bonchev–Trinajstić information content (AvgIpc) is 2.89. The zero-order valence-electron chi connectivity index (χ0n) is 20.4. The quantitative estimate of drug-likeness (QED) is 0.548. The topological polar surface area (TPSA) is 88.2 Å². The Kier molecular flexibility index (Phi) is 8.67. The zero-order valence-corrected chi connectivity index (χ0v) is 22.7. The summed E-state index contributed by atoms with van der Waals surface area (Å²) in [6, 6.07) is 10.4. The van der Waals surface area contributed by atoms with Crippen LogP contribution in [-0.4, -0.2) is 69.0 Å². The van der Waals surface area contributed by atoms with Crippen LogP contribution in [0.25, 0.3) is 0 Å². The zero-order chi connectivity index (χ0) is 25.9. The molecule has 2 aliphatic heterocycles. The first kappa shape index (κ1) is 27.0. The van der Waals surface area contributed by atoms with Gasteiger partial charge >= 0.3 is 10.2 Å². The van der Waals surface area contributed by atoms with Crippen molar-refractivity contribution in [1.82, 2.24) is 13.9 Å². The highest BCUT2D eigenvalue weighted by molar-refractivity contribution is 7.87. The summed E-state index contributed by atoms with van der Waals surface area (Å²) in [6.07, 6.45) is 3.22. The van der Waals surface area contributed by atoms with Gasteiger partial charge < -0.3 is 14.4 Å². The molecular formula is C25H31Cl2N3O5S. The van der Waals surface area contributed by atoms with E-state index in [0.717, 1.165) is 31.5 Å². The van der Waals surface area contributed by atoms with Crippen LogP contribution < -0.4 is 14.2 Å². The Balaban J connectivity index is 1.26. The normalized spacial score (nSPS) is 18.7. The SMILES string of the molecule is COc1ccccc1C(=O)NS(=O)(=O)N1CCC(N2CCC(Oc3ccc(Cl)c(C)c3Cl)CC2)CC1. The molecule has 2 aliphatic rings. The Morgan fingerprint density at radius 1 is 0.972 bits per heavy atom. The molecule has 8 nitrogen and oxygen atoms in total. The maximum absolute atomic E-state index is 12.8. The second-order valence-corrected chi connectivity index (χ2v) is 11.6. The first-order valence-electron chi connectivity index (χ1n) is 12.0. The first-order valence-corrected chi connectivity index (χ1v) is 14.2. The Bertz CT molecular complexity index is 1190. The number of rotatable bonds is 7. The van der Waals surface area contributed by atoms with E-state index < -0.39 is 16.1 Å². The third kappa shape index (κ3) is 6.08. The smallest absolute Gasteiger partial charge is 0.304 e. The fourth-order valence-electron chi connectivity index (χ4n) is 4.78. The Morgan fingerprint density at radius 3 is 2.31 bits per heavy atom. The van der Waals surface area contributed by atoms with Crippen molar-refractivity contribution in [1.29, 1.82) is 0 Å². The van der Waals surface area contributed by atoms with E-state index in [1.165, 1.54) is 17.5 Å². The van der Waals surface area contributed by atoms with E-state index >= 15 is 0 Å². The molecule has 0 spiro atoms. The van der Waals surface area contributed by atoms with Crippen LogP contribution in [0.3, 0.4) is 0 Å². The highest BCUT2D eigenvalue weighted by Gasteiger charge is 2.34. The van der Waals surface area contributed by atoms with Crippen molar-refractivity contribution in [3.05, 3.63) is 57.6 Å². The summed E-state index contributed by atoms with van der Waals surface area (Å²) in [5.74, 6) is 0.281. The van der Waals surface area contributed by atoms with Crippen LogP contribution in [-0.2, 0) is 10.2 Å². The minimum atomic E-state index is -3.95. The van der Waals surface area contributed by atoms with Gasteiger partial charge in [-0.2, -0.15) is 12.7 Å². The maximum Gasteiger partial charge on any atom is 0.304 e. The third-order valence-corrected chi connectivity index (χ3v) is 9.28. The molecule has 0 bridgehead atoms. The molecule has 0 atom stereocenters. The third-order valence-electron chi connectivity index (χ3n) is 6.91. The molecule has 11 heteroatoms. The summed E-state index contributed by atoms with van der Waals surface area (Å²) in [6.45, 7) is 4.33. The fraction of sp³-hybridized carbons (Fsp3) is 0.480. The molecule has 2 fully saturated rings. The van der Waals surface area contributed by atoms with E-state index in [2.05, 4.69) is 9.62 Å². The molecule has 0 aliphatic carbocycles. The van der Waals surface area contributed by atoms with Gasteiger partial charge in [0.1, 0.15) is 17.6 Å². The molecule has 1 amide bonds. The number of carbonyl (C=O) groups is 1. The Labute approximate surface area is 222 Å². The number of piperidine rings is 2. The van der Waals surface area contributed by atoms with E-state index in [1.807, 2.05) is 13.0 Å². The number of likely N-dealkylation sites (tertiary alicyclic amines) is 1. The van der Waals surface area contributed by atoms with E-state index in [-0.39, 0.29) is 11.7 Å². The predicted octanol–water partition coefficient (Wildman–Crippen LogP) is 4.29. The van der Waals surface area contributed by atoms with Crippen LogP contribution in [0, 0.1) is 6.92 Å². The summed E-state index contributed by atoms with van der Waals surface area (Å²) in [5, 5.41) is 1.17. The van der Waals surface area contributed by atoms with Crippen LogP contribution >= 0.6 is 23.2 Å². The van der Waals surface area contributed by atoms with Gasteiger partial charge in [0.15, 0.2) is 0 Å². The van der Waals surface area contributed by atoms with Crippen molar-refractivity contribution in [2.75, 3.05) is 33.3 Å². The van der Waals surface area contributed by atoms with Crippen molar-refractivity contribution >= 4 is 39.3 Å². The molecule has 36 heavy (non-hydrogen) atoms. The van der Waals surface area contributed by atoms with E-state index in [1.54, 1.807) is 24.3 Å². The minimum absolute atomic E-state index is 0.0741. The highest BCUT2D eigenvalue weighted by atomic mass is 35.5. The standard InChI is InChI=1S/C25H31Cl2N3O5S/c1-17-21(26)7-8-23(24(17)27)35-19-11-13-29(14-12-19)18-9-15-30(16-10-18)36(32,33)28-25(31)20-5-3-4-6-22(20)34-2/h3-8,18-19H,9-16H2,1-2H3,(H,28,31). The van der Waals surface area contributed by atoms with Gasteiger partial charge in [-0.05, 0) is 62.4 Å². The predicted molar refractivity (Wildman–Crippen MR) is 140 cm³/mol. The number of hydrogen-bond acceptors (Lipinski definition) is 6. The Hall–Kier alpha value is -2.04. The summed E-state index contributed by atoms with van der Waals surface area (Å²) in [7, 11) is -2.51. The lowest BCUT2D eigenvalue weighted by molar-refractivity contribution is 0.0584. The first-order chi connectivity index (χ1) is 17.2. The van der Waals surface area contributed by atoms with Gasteiger partial charge in [0.25, 0.3) is 5.91 Å². The van der Waals surface area contributed by atoms with Gasteiger partial charge in [-0.15, -0.1) is 0 Å². The van der Waals surface area contributed by atoms with Gasteiger partial charge in [-0.1, -0.05) is 35.3 Å². The number of amides is 1. The van der Waals surface area contributed by atoms with Crippen molar-refractivity contribution in [3.63, 3.8) is 0 Å². The van der Waals surface area contributed by atoms with Gasteiger partial charge in [-0.25, -0.2) is 4.72 Å². The number of carbonyl (C=O) groups excluding carboxylic acids is 1. The molecule has 196 valence electrons. The van der Waals surface area contributed by atoms with Crippen LogP contribution in [0.5, 0.6) is 11.5 Å².